The van der Waals surface area contributed by atoms with Gasteiger partial charge in [-0.25, -0.2) is 0 Å². The molecule has 0 spiro atoms. The van der Waals surface area contributed by atoms with Crippen molar-refractivity contribution in [2.75, 3.05) is 13.2 Å². The van der Waals surface area contributed by atoms with Crippen molar-refractivity contribution < 1.29 is 93.6 Å². The number of ether oxygens (including phenoxy) is 3. The van der Waals surface area contributed by atoms with E-state index in [9.17, 15) is 80.9 Å². The molecule has 0 aliphatic carbocycles. The maximum absolute atomic E-state index is 11.3. The highest BCUT2D eigenvalue weighted by Crippen LogP contribution is 2.35. The minimum Gasteiger partial charge on any atom is -0.343 e. The van der Waals surface area contributed by atoms with Crippen LogP contribution in [0.4, 0.5) is 0 Å². The molecule has 0 amide bonds. The van der Waals surface area contributed by atoms with Gasteiger partial charge in [0.1, 0.15) is 31.5 Å². The zero-order valence-corrected chi connectivity index (χ0v) is 21.8. The van der Waals surface area contributed by atoms with Crippen LogP contribution >= 0.6 is 0 Å². The Kier molecular flexibility index (Phi) is 12.5. The molecule has 0 aromatic carbocycles. The normalized spacial score (nSPS) is 29.9. The van der Waals surface area contributed by atoms with Gasteiger partial charge in [-0.15, -0.1) is 80.9 Å². The van der Waals surface area contributed by atoms with E-state index in [0.717, 1.165) is 0 Å². The lowest BCUT2D eigenvalue weighted by molar-refractivity contribution is -0.832. The minimum absolute atomic E-state index is 1.47. The summed E-state index contributed by atoms with van der Waals surface area (Å²) in [6, 6.07) is 0. The Bertz CT molecular complexity index is 1220. The summed E-state index contributed by atoms with van der Waals surface area (Å²) in [7, 11) is 0. The van der Waals surface area contributed by atoms with Crippen molar-refractivity contribution in [3.05, 3.63) is 80.9 Å². The van der Waals surface area contributed by atoms with E-state index in [1.54, 1.807) is 0 Å². The van der Waals surface area contributed by atoms with E-state index in [1.165, 1.54) is 0 Å². The lowest BCUT2D eigenvalue weighted by Gasteiger charge is -2.47. The van der Waals surface area contributed by atoms with Crippen LogP contribution in [0, 0.1) is 80.9 Å². The fourth-order valence-corrected chi connectivity index (χ4v) is 3.98. The van der Waals surface area contributed by atoms with Gasteiger partial charge in [-0.2, -0.15) is 0 Å². The molecular formula is C12H14N8O27. The quantitative estimate of drug-likeness (QED) is 0.0870. The Morgan fingerprint density at radius 3 is 1.11 bits per heavy atom. The molecule has 0 saturated carbocycles. The summed E-state index contributed by atoms with van der Waals surface area (Å²) in [5.41, 5.74) is 0. The molecule has 35 heteroatoms. The highest BCUT2D eigenvalue weighted by Gasteiger charge is 2.58. The molecule has 0 aromatic heterocycles. The maximum Gasteiger partial charge on any atom is 0.297 e. The van der Waals surface area contributed by atoms with Crippen molar-refractivity contribution in [1.29, 1.82) is 0 Å². The van der Waals surface area contributed by atoms with Gasteiger partial charge in [-0.3, -0.25) is 4.84 Å². The van der Waals surface area contributed by atoms with Gasteiger partial charge >= 0.3 is 0 Å². The Labute approximate surface area is 250 Å². The fourth-order valence-electron chi connectivity index (χ4n) is 3.98. The summed E-state index contributed by atoms with van der Waals surface area (Å²) < 4.78 is 15.4. The van der Waals surface area contributed by atoms with Crippen LogP contribution in [0.25, 0.3) is 0 Å². The molecule has 2 fully saturated rings. The van der Waals surface area contributed by atoms with Gasteiger partial charge in [0.05, 0.1) is 0 Å². The maximum atomic E-state index is 11.3. The second-order valence-electron chi connectivity index (χ2n) is 8.02. The molecule has 0 unspecified atom stereocenters. The summed E-state index contributed by atoms with van der Waals surface area (Å²) in [4.78, 5) is 122. The molecule has 2 rings (SSSR count). The van der Waals surface area contributed by atoms with Crippen LogP contribution in [0.5, 0.6) is 0 Å². The van der Waals surface area contributed by atoms with E-state index < -0.39 is 115 Å². The smallest absolute Gasteiger partial charge is 0.297 e. The van der Waals surface area contributed by atoms with Crippen molar-refractivity contribution in [3.8, 4) is 0 Å². The Hall–Kier alpha value is -6.52. The second kappa shape index (κ2) is 16.0. The Morgan fingerprint density at radius 1 is 0.383 bits per heavy atom. The summed E-state index contributed by atoms with van der Waals surface area (Å²) in [5, 5.41) is 75.3. The molecule has 2 aliphatic rings. The van der Waals surface area contributed by atoms with E-state index in [-0.39, 0.29) is 0 Å². The monoisotopic (exact) mass is 702 g/mol. The first-order chi connectivity index (χ1) is 21.9. The number of nitrogens with zero attached hydrogens (tertiary/aromatic N) is 8. The molecule has 0 aromatic rings. The van der Waals surface area contributed by atoms with E-state index in [0.29, 0.717) is 0 Å². The van der Waals surface area contributed by atoms with Crippen molar-refractivity contribution in [3.63, 3.8) is 0 Å². The summed E-state index contributed by atoms with van der Waals surface area (Å²) in [6.07, 6.45) is -26.5. The predicted octanol–water partition coefficient (Wildman–Crippen LogP) is -3.67. The molecule has 0 radical (unpaired) electrons. The first-order valence-corrected chi connectivity index (χ1v) is 11.3. The van der Waals surface area contributed by atoms with Gasteiger partial charge in [0, 0.05) is 0 Å². The van der Waals surface area contributed by atoms with Crippen LogP contribution < -0.4 is 0 Å². The lowest BCUT2D eigenvalue weighted by atomic mass is 9.96. The summed E-state index contributed by atoms with van der Waals surface area (Å²) in [6.45, 7) is -2.95. The molecule has 47 heavy (non-hydrogen) atoms. The Balaban J connectivity index is 2.73. The van der Waals surface area contributed by atoms with Crippen LogP contribution in [0.3, 0.4) is 0 Å². The molecule has 0 bridgehead atoms. The molecule has 35 nitrogen and oxygen atoms in total. The second-order valence-corrected chi connectivity index (χ2v) is 8.02. The van der Waals surface area contributed by atoms with E-state index in [4.69, 9.17) is 14.2 Å². The molecule has 2 saturated heterocycles. The van der Waals surface area contributed by atoms with Crippen molar-refractivity contribution in [1.82, 2.24) is 0 Å². The topological polar surface area (TPSA) is 447 Å². The highest BCUT2D eigenvalue weighted by atomic mass is 17.0. The van der Waals surface area contributed by atoms with Gasteiger partial charge in [0.2, 0.25) is 6.29 Å². The molecule has 264 valence electrons. The minimum atomic E-state index is -2.80. The number of rotatable bonds is 20. The van der Waals surface area contributed by atoms with Crippen LogP contribution in [0.2, 0.25) is 0 Å². The average Bonchev–Trinajstić information content (AvgIpc) is 2.91. The summed E-state index contributed by atoms with van der Waals surface area (Å²) >= 11 is 0. The molecule has 2 heterocycles. The van der Waals surface area contributed by atoms with Crippen molar-refractivity contribution in [2.45, 2.75) is 61.4 Å². The number of hydrogen-bond acceptors (Lipinski definition) is 27. The third-order valence-corrected chi connectivity index (χ3v) is 5.39. The Morgan fingerprint density at radius 2 is 0.702 bits per heavy atom. The van der Waals surface area contributed by atoms with Crippen LogP contribution in [0.15, 0.2) is 0 Å². The largest absolute Gasteiger partial charge is 0.343 e. The molecule has 0 N–H and O–H groups in total. The predicted molar refractivity (Wildman–Crippen MR) is 116 cm³/mol. The fraction of sp³-hybridized carbons (Fsp3) is 1.00. The molecule has 2 aliphatic heterocycles. The van der Waals surface area contributed by atoms with E-state index in [1.807, 2.05) is 0 Å². The van der Waals surface area contributed by atoms with E-state index in [2.05, 4.69) is 38.7 Å². The van der Waals surface area contributed by atoms with E-state index >= 15 is 0 Å². The molecular weight excluding hydrogens is 688 g/mol. The van der Waals surface area contributed by atoms with Crippen LogP contribution in [-0.4, -0.2) is 115 Å². The average molecular weight is 702 g/mol. The summed E-state index contributed by atoms with van der Waals surface area (Å²) in [5.74, 6) is 0. The van der Waals surface area contributed by atoms with Gasteiger partial charge in [0.15, 0.2) is 36.8 Å². The zero-order valence-electron chi connectivity index (χ0n) is 21.8. The molecule has 10 atom stereocenters. The van der Waals surface area contributed by atoms with Gasteiger partial charge in [0.25, 0.3) is 40.7 Å². The lowest BCUT2D eigenvalue weighted by Crippen LogP contribution is -2.67. The standard InChI is InChI=1S/C12H14N8O27/c21-13(22)37-1-3-5(7(43-16(27)28)10(46-19(33)34)12(40-3)47-20(35)36)41-11-9(45-18(31)32)8(44-17(29)30)6(42-15(25)26)4(39-11)2-38-14(23)24/h3-12H,1-2H2/t3-,4+,5+,6+,7+,8+,9-,10+,11-,12+/m0/s1. The van der Waals surface area contributed by atoms with Crippen molar-refractivity contribution >= 4 is 0 Å². The SMILES string of the molecule is O=[N+]([O-])OC[C@@H]1O[C@H](O[N+](=O)[O-])[C@H](O[N+](=O)[O-])[C@H](O[N+](=O)[O-])[C@@H]1O[C@@H]1O[C@H](CO[N+](=O)[O-])[C@@H](O[N+](=O)[O-])[C@@H](O[N+](=O)[O-])[C@@H]1O[N+](=O)[O-]. The van der Waals surface area contributed by atoms with Gasteiger partial charge < -0.3 is 48.1 Å². The first-order valence-electron chi connectivity index (χ1n) is 11.3. The first kappa shape index (κ1) is 36.7. The zero-order chi connectivity index (χ0) is 35.6. The highest BCUT2D eigenvalue weighted by molar-refractivity contribution is 4.95. The van der Waals surface area contributed by atoms with Crippen molar-refractivity contribution in [2.24, 2.45) is 0 Å². The third-order valence-electron chi connectivity index (χ3n) is 5.39. The van der Waals surface area contributed by atoms with Gasteiger partial charge in [-0.1, -0.05) is 0 Å². The third kappa shape index (κ3) is 10.9. The van der Waals surface area contributed by atoms with Gasteiger partial charge in [-0.05, 0) is 0 Å². The number of hydrogen-bond donors (Lipinski definition) is 0. The van der Waals surface area contributed by atoms with Crippen LogP contribution in [-0.2, 0) is 52.9 Å². The van der Waals surface area contributed by atoms with Crippen LogP contribution in [0.1, 0.15) is 0 Å².